The van der Waals surface area contributed by atoms with Crippen LogP contribution in [-0.4, -0.2) is 20.7 Å². The fourth-order valence-electron chi connectivity index (χ4n) is 4.96. The van der Waals surface area contributed by atoms with E-state index in [2.05, 4.69) is 26.9 Å². The summed E-state index contributed by atoms with van der Waals surface area (Å²) in [6.45, 7) is 2.00. The van der Waals surface area contributed by atoms with Gasteiger partial charge in [-0.05, 0) is 80.3 Å². The largest absolute Gasteiger partial charge is 0.334 e. The van der Waals surface area contributed by atoms with Crippen molar-refractivity contribution in [3.8, 4) is 11.1 Å². The van der Waals surface area contributed by atoms with E-state index in [1.165, 1.54) is 36.1 Å². The number of nitrogens with zero attached hydrogens (tertiary/aromatic N) is 2. The van der Waals surface area contributed by atoms with Crippen molar-refractivity contribution in [3.05, 3.63) is 79.5 Å². The molecule has 2 aliphatic carbocycles. The Morgan fingerprint density at radius 2 is 1.97 bits per heavy atom. The molecular weight excluding hydrogens is 470 g/mol. The SMILES string of the molecule is Cc1c(NC(=O)c2cc3c(s2)CCCC3)cccc1-c1cc(Nc2cc(C3CC3)[nH]n2)c(=O)n(C)c1. The lowest BCUT2D eigenvalue weighted by molar-refractivity contribution is 0.103. The predicted octanol–water partition coefficient (Wildman–Crippen LogP) is 5.90. The Kier molecular flexibility index (Phi) is 5.76. The second-order valence-electron chi connectivity index (χ2n) is 9.86. The number of H-pyrrole nitrogens is 1. The van der Waals surface area contributed by atoms with Crippen molar-refractivity contribution in [1.82, 2.24) is 14.8 Å². The molecule has 0 spiro atoms. The Balaban J connectivity index is 1.28. The molecule has 2 aliphatic rings. The topological polar surface area (TPSA) is 91.8 Å². The third-order valence-electron chi connectivity index (χ3n) is 7.17. The van der Waals surface area contributed by atoms with E-state index in [-0.39, 0.29) is 11.5 Å². The summed E-state index contributed by atoms with van der Waals surface area (Å²) in [4.78, 5) is 28.0. The molecule has 7 nitrogen and oxygen atoms in total. The van der Waals surface area contributed by atoms with Crippen LogP contribution >= 0.6 is 11.3 Å². The molecule has 1 aromatic carbocycles. The van der Waals surface area contributed by atoms with Crippen LogP contribution in [0.1, 0.15) is 63.0 Å². The summed E-state index contributed by atoms with van der Waals surface area (Å²) in [5.41, 5.74) is 6.33. The first-order chi connectivity index (χ1) is 17.5. The number of thiophene rings is 1. The molecule has 184 valence electrons. The molecule has 0 bridgehead atoms. The van der Waals surface area contributed by atoms with Crippen LogP contribution in [-0.2, 0) is 19.9 Å². The molecule has 0 saturated heterocycles. The fraction of sp³-hybridized carbons (Fsp3) is 0.321. The van der Waals surface area contributed by atoms with Crippen molar-refractivity contribution in [2.24, 2.45) is 7.05 Å². The first-order valence-corrected chi connectivity index (χ1v) is 13.3. The highest BCUT2D eigenvalue weighted by Crippen LogP contribution is 2.40. The van der Waals surface area contributed by atoms with Gasteiger partial charge in [0, 0.05) is 47.1 Å². The highest BCUT2D eigenvalue weighted by Gasteiger charge is 2.25. The normalized spacial score (nSPS) is 14.9. The van der Waals surface area contributed by atoms with Gasteiger partial charge in [0.2, 0.25) is 0 Å². The number of fused-ring (bicyclic) bond motifs is 1. The standard InChI is InChI=1S/C28H29N5O2S/c1-16-20(7-5-8-21(16)30-27(34)25-13-18-6-3-4-9-24(18)36-25)19-12-23(28(35)33(2)15-19)29-26-14-22(31-32-26)17-10-11-17/h5,7-8,12-15,17H,3-4,6,9-11H2,1-2H3,(H,30,34)(H2,29,31,32). The van der Waals surface area contributed by atoms with Crippen LogP contribution < -0.4 is 16.2 Å². The van der Waals surface area contributed by atoms with E-state index < -0.39 is 0 Å². The number of aromatic nitrogens is 3. The highest BCUT2D eigenvalue weighted by atomic mass is 32.1. The van der Waals surface area contributed by atoms with Gasteiger partial charge in [-0.2, -0.15) is 5.10 Å². The van der Waals surface area contributed by atoms with Crippen LogP contribution in [0.5, 0.6) is 0 Å². The van der Waals surface area contributed by atoms with E-state index >= 15 is 0 Å². The number of pyridine rings is 1. The number of amides is 1. The maximum absolute atomic E-state index is 13.1. The second-order valence-corrected chi connectivity index (χ2v) is 11.0. The minimum Gasteiger partial charge on any atom is -0.334 e. The van der Waals surface area contributed by atoms with Gasteiger partial charge in [-0.25, -0.2) is 0 Å². The average Bonchev–Trinajstić information content (AvgIpc) is 3.45. The molecule has 1 amide bonds. The van der Waals surface area contributed by atoms with Gasteiger partial charge >= 0.3 is 0 Å². The number of anilines is 3. The van der Waals surface area contributed by atoms with Gasteiger partial charge in [-0.15, -0.1) is 11.3 Å². The molecule has 0 radical (unpaired) electrons. The summed E-state index contributed by atoms with van der Waals surface area (Å²) in [5, 5.41) is 13.7. The Labute approximate surface area is 213 Å². The number of carbonyl (C=O) groups excluding carboxylic acids is 1. The zero-order valence-corrected chi connectivity index (χ0v) is 21.3. The van der Waals surface area contributed by atoms with E-state index in [0.29, 0.717) is 17.4 Å². The number of hydrogen-bond donors (Lipinski definition) is 3. The van der Waals surface area contributed by atoms with Gasteiger partial charge < -0.3 is 15.2 Å². The lowest BCUT2D eigenvalue weighted by Crippen LogP contribution is -2.19. The van der Waals surface area contributed by atoms with Crippen LogP contribution in [0.4, 0.5) is 17.2 Å². The van der Waals surface area contributed by atoms with Crippen molar-refractivity contribution in [1.29, 1.82) is 0 Å². The summed E-state index contributed by atoms with van der Waals surface area (Å²) in [7, 11) is 1.75. The third-order valence-corrected chi connectivity index (χ3v) is 8.41. The highest BCUT2D eigenvalue weighted by molar-refractivity contribution is 7.14. The Hall–Kier alpha value is -3.65. The summed E-state index contributed by atoms with van der Waals surface area (Å²) in [5.74, 6) is 1.13. The van der Waals surface area contributed by atoms with Gasteiger partial charge in [0.05, 0.1) is 4.88 Å². The second kappa shape index (κ2) is 9.09. The Bertz CT molecular complexity index is 1500. The maximum atomic E-state index is 13.1. The smallest absolute Gasteiger partial charge is 0.274 e. The predicted molar refractivity (Wildman–Crippen MR) is 145 cm³/mol. The molecule has 1 fully saturated rings. The zero-order valence-electron chi connectivity index (χ0n) is 20.5. The molecule has 1 saturated carbocycles. The minimum atomic E-state index is -0.126. The lowest BCUT2D eigenvalue weighted by atomic mass is 9.99. The zero-order chi connectivity index (χ0) is 24.8. The van der Waals surface area contributed by atoms with Crippen molar-refractivity contribution in [2.45, 2.75) is 51.4 Å². The molecule has 0 aliphatic heterocycles. The quantitative estimate of drug-likeness (QED) is 0.308. The lowest BCUT2D eigenvalue weighted by Gasteiger charge is -2.14. The summed E-state index contributed by atoms with van der Waals surface area (Å²) in [6.07, 6.45) is 8.73. The van der Waals surface area contributed by atoms with Crippen molar-refractivity contribution in [2.75, 3.05) is 10.6 Å². The monoisotopic (exact) mass is 499 g/mol. The van der Waals surface area contributed by atoms with Crippen LogP contribution in [0.25, 0.3) is 11.1 Å². The number of nitrogens with one attached hydrogen (secondary N) is 3. The van der Waals surface area contributed by atoms with E-state index in [1.54, 1.807) is 23.0 Å². The molecule has 0 atom stereocenters. The van der Waals surface area contributed by atoms with Crippen molar-refractivity contribution >= 4 is 34.4 Å². The first-order valence-electron chi connectivity index (χ1n) is 12.5. The van der Waals surface area contributed by atoms with E-state index in [4.69, 9.17) is 0 Å². The number of aryl methyl sites for hydroxylation is 3. The van der Waals surface area contributed by atoms with Gasteiger partial charge in [0.15, 0.2) is 5.82 Å². The number of aromatic amines is 1. The average molecular weight is 500 g/mol. The van der Waals surface area contributed by atoms with E-state index in [1.807, 2.05) is 43.5 Å². The molecule has 3 N–H and O–H groups in total. The Morgan fingerprint density at radius 3 is 2.78 bits per heavy atom. The molecule has 4 aromatic rings. The van der Waals surface area contributed by atoms with Crippen LogP contribution in [0, 0.1) is 6.92 Å². The van der Waals surface area contributed by atoms with Gasteiger partial charge in [-0.3, -0.25) is 14.7 Å². The van der Waals surface area contributed by atoms with Gasteiger partial charge in [0.25, 0.3) is 11.5 Å². The third kappa shape index (κ3) is 4.37. The van der Waals surface area contributed by atoms with Crippen LogP contribution in [0.15, 0.2) is 47.4 Å². The minimum absolute atomic E-state index is 0.0672. The van der Waals surface area contributed by atoms with Crippen molar-refractivity contribution in [3.63, 3.8) is 0 Å². The Morgan fingerprint density at radius 1 is 1.14 bits per heavy atom. The molecule has 0 unspecified atom stereocenters. The summed E-state index contributed by atoms with van der Waals surface area (Å²) >= 11 is 1.62. The van der Waals surface area contributed by atoms with Gasteiger partial charge in [0.1, 0.15) is 5.69 Å². The van der Waals surface area contributed by atoms with Gasteiger partial charge in [-0.1, -0.05) is 12.1 Å². The fourth-order valence-corrected chi connectivity index (χ4v) is 6.11. The molecule has 36 heavy (non-hydrogen) atoms. The molecular formula is C28H29N5O2S. The molecule has 3 heterocycles. The van der Waals surface area contributed by atoms with E-state index in [0.717, 1.165) is 45.8 Å². The molecule has 8 heteroatoms. The molecule has 6 rings (SSSR count). The van der Waals surface area contributed by atoms with Crippen molar-refractivity contribution < 1.29 is 4.79 Å². The number of benzene rings is 1. The number of rotatable bonds is 6. The summed E-state index contributed by atoms with van der Waals surface area (Å²) in [6, 6.07) is 11.8. The molecule has 3 aromatic heterocycles. The number of hydrogen-bond acceptors (Lipinski definition) is 5. The maximum Gasteiger partial charge on any atom is 0.274 e. The van der Waals surface area contributed by atoms with Crippen LogP contribution in [0.3, 0.4) is 0 Å². The first kappa shape index (κ1) is 22.8. The number of carbonyl (C=O) groups is 1. The van der Waals surface area contributed by atoms with Crippen LogP contribution in [0.2, 0.25) is 0 Å². The summed E-state index contributed by atoms with van der Waals surface area (Å²) < 4.78 is 1.58. The van der Waals surface area contributed by atoms with E-state index in [9.17, 15) is 9.59 Å².